The van der Waals surface area contributed by atoms with E-state index in [1.807, 2.05) is 0 Å². The highest BCUT2D eigenvalue weighted by Gasteiger charge is 2.31. The van der Waals surface area contributed by atoms with Gasteiger partial charge in [0.1, 0.15) is 5.76 Å². The van der Waals surface area contributed by atoms with Crippen LogP contribution in [0.4, 0.5) is 0 Å². The SMILES string of the molecule is Cc1oc(-c2cnn(C)c2)nc1C(=O)N1CCCC(C(=O)O)C1. The first-order valence-electron chi connectivity index (χ1n) is 7.44. The topological polar surface area (TPSA) is 101 Å². The van der Waals surface area contributed by atoms with Crippen LogP contribution in [-0.4, -0.2) is 49.7 Å². The van der Waals surface area contributed by atoms with E-state index in [1.165, 1.54) is 0 Å². The average Bonchev–Trinajstić information content (AvgIpc) is 3.12. The predicted molar refractivity (Wildman–Crippen MR) is 79.7 cm³/mol. The Morgan fingerprint density at radius 1 is 1.43 bits per heavy atom. The standard InChI is InChI=1S/C15H18N4O4/c1-9-12(17-13(23-9)11-6-16-18(2)7-11)14(20)19-5-3-4-10(8-19)15(21)22/h6-7,10H,3-5,8H2,1-2H3,(H,21,22). The summed E-state index contributed by atoms with van der Waals surface area (Å²) in [7, 11) is 1.78. The molecule has 23 heavy (non-hydrogen) atoms. The molecule has 1 aliphatic rings. The molecule has 1 atom stereocenters. The Kier molecular flexibility index (Phi) is 3.89. The normalized spacial score (nSPS) is 18.2. The lowest BCUT2D eigenvalue weighted by Gasteiger charge is -2.30. The van der Waals surface area contributed by atoms with Crippen LogP contribution in [0.25, 0.3) is 11.5 Å². The monoisotopic (exact) mass is 318 g/mol. The first kappa shape index (κ1) is 15.3. The second-order valence-corrected chi connectivity index (χ2v) is 5.76. The average molecular weight is 318 g/mol. The molecule has 0 radical (unpaired) electrons. The van der Waals surface area contributed by atoms with Gasteiger partial charge in [-0.25, -0.2) is 4.98 Å². The second kappa shape index (κ2) is 5.86. The minimum absolute atomic E-state index is 0.211. The van der Waals surface area contributed by atoms with Crippen molar-refractivity contribution in [1.29, 1.82) is 0 Å². The number of hydrogen-bond donors (Lipinski definition) is 1. The number of likely N-dealkylation sites (tertiary alicyclic amines) is 1. The quantitative estimate of drug-likeness (QED) is 0.916. The van der Waals surface area contributed by atoms with E-state index in [9.17, 15) is 9.59 Å². The van der Waals surface area contributed by atoms with Gasteiger partial charge in [0.15, 0.2) is 5.69 Å². The summed E-state index contributed by atoms with van der Waals surface area (Å²) in [5.41, 5.74) is 0.923. The molecule has 0 spiro atoms. The molecule has 1 N–H and O–H groups in total. The summed E-state index contributed by atoms with van der Waals surface area (Å²) >= 11 is 0. The van der Waals surface area contributed by atoms with Crippen molar-refractivity contribution >= 4 is 11.9 Å². The number of carboxylic acids is 1. The van der Waals surface area contributed by atoms with Gasteiger partial charge in [-0.15, -0.1) is 0 Å². The van der Waals surface area contributed by atoms with Gasteiger partial charge in [-0.05, 0) is 19.8 Å². The molecule has 8 nitrogen and oxygen atoms in total. The van der Waals surface area contributed by atoms with Gasteiger partial charge in [-0.1, -0.05) is 0 Å². The number of aliphatic carboxylic acids is 1. The van der Waals surface area contributed by atoms with E-state index in [-0.39, 0.29) is 18.1 Å². The van der Waals surface area contributed by atoms with Gasteiger partial charge < -0.3 is 14.4 Å². The van der Waals surface area contributed by atoms with Gasteiger partial charge in [0, 0.05) is 26.3 Å². The van der Waals surface area contributed by atoms with Gasteiger partial charge in [0.05, 0.1) is 17.7 Å². The maximum Gasteiger partial charge on any atom is 0.308 e. The van der Waals surface area contributed by atoms with Crippen LogP contribution in [0.5, 0.6) is 0 Å². The molecule has 1 saturated heterocycles. The molecule has 0 aliphatic carbocycles. The fraction of sp³-hybridized carbons (Fsp3) is 0.467. The largest absolute Gasteiger partial charge is 0.481 e. The van der Waals surface area contributed by atoms with Gasteiger partial charge in [-0.3, -0.25) is 14.3 Å². The zero-order valence-electron chi connectivity index (χ0n) is 13.0. The fourth-order valence-electron chi connectivity index (χ4n) is 2.76. The van der Waals surface area contributed by atoms with E-state index in [0.717, 1.165) is 0 Å². The van der Waals surface area contributed by atoms with Crippen molar-refractivity contribution in [2.24, 2.45) is 13.0 Å². The molecule has 1 unspecified atom stereocenters. The Labute approximate surface area is 132 Å². The summed E-state index contributed by atoms with van der Waals surface area (Å²) in [5.74, 6) is -0.905. The summed E-state index contributed by atoms with van der Waals surface area (Å²) < 4.78 is 7.20. The number of amides is 1. The predicted octanol–water partition coefficient (Wildman–Crippen LogP) is 1.32. The van der Waals surface area contributed by atoms with E-state index < -0.39 is 11.9 Å². The fourth-order valence-corrected chi connectivity index (χ4v) is 2.76. The zero-order valence-corrected chi connectivity index (χ0v) is 13.0. The van der Waals surface area contributed by atoms with E-state index in [4.69, 9.17) is 9.52 Å². The van der Waals surface area contributed by atoms with Crippen molar-refractivity contribution in [2.75, 3.05) is 13.1 Å². The number of aromatic nitrogens is 3. The lowest BCUT2D eigenvalue weighted by Crippen LogP contribution is -2.42. The molecule has 122 valence electrons. The van der Waals surface area contributed by atoms with Crippen molar-refractivity contribution in [1.82, 2.24) is 19.7 Å². The van der Waals surface area contributed by atoms with Crippen molar-refractivity contribution in [2.45, 2.75) is 19.8 Å². The van der Waals surface area contributed by atoms with Gasteiger partial charge in [0.25, 0.3) is 5.91 Å². The third-order valence-corrected chi connectivity index (χ3v) is 4.01. The molecular weight excluding hydrogens is 300 g/mol. The number of carbonyl (C=O) groups excluding carboxylic acids is 1. The van der Waals surface area contributed by atoms with Crippen molar-refractivity contribution in [3.63, 3.8) is 0 Å². The highest BCUT2D eigenvalue weighted by atomic mass is 16.4. The van der Waals surface area contributed by atoms with E-state index in [0.29, 0.717) is 36.6 Å². The summed E-state index contributed by atoms with van der Waals surface area (Å²) in [6.07, 6.45) is 4.63. The highest BCUT2D eigenvalue weighted by Crippen LogP contribution is 2.24. The molecule has 3 heterocycles. The van der Waals surface area contributed by atoms with Crippen molar-refractivity contribution in [3.8, 4) is 11.5 Å². The Morgan fingerprint density at radius 3 is 2.87 bits per heavy atom. The molecule has 2 aromatic heterocycles. The van der Waals surface area contributed by atoms with Gasteiger partial charge in [-0.2, -0.15) is 5.10 Å². The van der Waals surface area contributed by atoms with Crippen LogP contribution in [0.15, 0.2) is 16.8 Å². The first-order valence-corrected chi connectivity index (χ1v) is 7.44. The Hall–Kier alpha value is -2.64. The van der Waals surface area contributed by atoms with Crippen LogP contribution in [0.1, 0.15) is 29.1 Å². The number of nitrogens with zero attached hydrogens (tertiary/aromatic N) is 4. The minimum atomic E-state index is -0.865. The molecule has 2 aromatic rings. The molecule has 8 heteroatoms. The third-order valence-electron chi connectivity index (χ3n) is 4.01. The van der Waals surface area contributed by atoms with Gasteiger partial charge in [0.2, 0.25) is 5.89 Å². The number of aryl methyl sites for hydroxylation is 2. The number of carboxylic acid groups (broad SMARTS) is 1. The number of hydrogen-bond acceptors (Lipinski definition) is 5. The third kappa shape index (κ3) is 2.96. The number of rotatable bonds is 3. The molecule has 1 aliphatic heterocycles. The lowest BCUT2D eigenvalue weighted by atomic mass is 9.98. The number of piperidine rings is 1. The summed E-state index contributed by atoms with van der Waals surface area (Å²) in [6.45, 7) is 2.43. The van der Waals surface area contributed by atoms with Crippen LogP contribution in [0.3, 0.4) is 0 Å². The lowest BCUT2D eigenvalue weighted by molar-refractivity contribution is -0.143. The van der Waals surface area contributed by atoms with E-state index in [2.05, 4.69) is 10.1 Å². The Morgan fingerprint density at radius 2 is 2.22 bits per heavy atom. The number of carbonyl (C=O) groups is 2. The Balaban J connectivity index is 1.82. The van der Waals surface area contributed by atoms with Gasteiger partial charge >= 0.3 is 5.97 Å². The zero-order chi connectivity index (χ0) is 16.6. The maximum absolute atomic E-state index is 12.6. The molecule has 0 saturated carbocycles. The Bertz CT molecular complexity index is 748. The van der Waals surface area contributed by atoms with Crippen molar-refractivity contribution in [3.05, 3.63) is 23.8 Å². The minimum Gasteiger partial charge on any atom is -0.481 e. The van der Waals surface area contributed by atoms with Crippen LogP contribution >= 0.6 is 0 Å². The molecule has 0 aromatic carbocycles. The molecule has 3 rings (SSSR count). The molecule has 0 bridgehead atoms. The first-order chi connectivity index (χ1) is 11.0. The molecule has 1 amide bonds. The summed E-state index contributed by atoms with van der Waals surface area (Å²) in [5, 5.41) is 13.2. The maximum atomic E-state index is 12.6. The number of oxazole rings is 1. The molecule has 1 fully saturated rings. The smallest absolute Gasteiger partial charge is 0.308 e. The summed E-state index contributed by atoms with van der Waals surface area (Å²) in [6, 6.07) is 0. The van der Waals surface area contributed by atoms with E-state index in [1.54, 1.807) is 35.9 Å². The van der Waals surface area contributed by atoms with Crippen molar-refractivity contribution < 1.29 is 19.1 Å². The molecular formula is C15H18N4O4. The van der Waals surface area contributed by atoms with Crippen LogP contribution < -0.4 is 0 Å². The van der Waals surface area contributed by atoms with Crippen LogP contribution in [0, 0.1) is 12.8 Å². The second-order valence-electron chi connectivity index (χ2n) is 5.76. The van der Waals surface area contributed by atoms with Crippen LogP contribution in [-0.2, 0) is 11.8 Å². The highest BCUT2D eigenvalue weighted by molar-refractivity contribution is 5.94. The van der Waals surface area contributed by atoms with Crippen LogP contribution in [0.2, 0.25) is 0 Å². The summed E-state index contributed by atoms with van der Waals surface area (Å²) in [4.78, 5) is 29.6. The van der Waals surface area contributed by atoms with E-state index >= 15 is 0 Å².